The Labute approximate surface area is 210 Å². The molecule has 0 saturated heterocycles. The Hall–Kier alpha value is -0.414. The number of rotatable bonds is 11. The molecule has 0 aliphatic heterocycles. The van der Waals surface area contributed by atoms with Crippen LogP contribution in [-0.4, -0.2) is 13.0 Å². The minimum absolute atomic E-state index is 0. The Bertz CT molecular complexity index is 822. The van der Waals surface area contributed by atoms with Gasteiger partial charge in [0.15, 0.2) is 0 Å². The largest absolute Gasteiger partial charge is 1.00 e. The predicted molar refractivity (Wildman–Crippen MR) is 104 cm³/mol. The van der Waals surface area contributed by atoms with Crippen LogP contribution in [0.15, 0.2) is 47.4 Å². The van der Waals surface area contributed by atoms with E-state index in [1.54, 1.807) is 12.1 Å². The fraction of sp³-hybridized carbons (Fsp3) is 0.429. The first-order chi connectivity index (χ1) is 12.9. The van der Waals surface area contributed by atoms with E-state index in [0.29, 0.717) is 23.5 Å². The predicted octanol–water partition coefficient (Wildman–Crippen LogP) is 2.10. The molecule has 0 saturated carbocycles. The van der Waals surface area contributed by atoms with Gasteiger partial charge in [0.25, 0.3) is 10.1 Å². The maximum absolute atomic E-state index is 12.6. The van der Waals surface area contributed by atoms with Gasteiger partial charge in [-0.1, -0.05) is 69.4 Å². The smallest absolute Gasteiger partial charge is 0.871 e. The van der Waals surface area contributed by atoms with E-state index >= 15 is 0 Å². The molecule has 0 aliphatic rings. The average Bonchev–Trinajstić information content (AvgIpc) is 2.63. The molecule has 0 fully saturated rings. The molecule has 0 unspecified atom stereocenters. The molecule has 0 aliphatic carbocycles. The normalized spacial score (nSPS) is 11.1. The molecular formula is C21H27KO5S. The van der Waals surface area contributed by atoms with Gasteiger partial charge < -0.3 is 9.84 Å². The molecule has 148 valence electrons. The number of unbranched alkanes of at least 4 members (excludes halogenated alkanes) is 6. The van der Waals surface area contributed by atoms with E-state index in [0.717, 1.165) is 31.7 Å². The van der Waals surface area contributed by atoms with Crippen LogP contribution >= 0.6 is 0 Å². The maximum Gasteiger partial charge on any atom is 1.00 e. The zero-order chi connectivity index (χ0) is 19.7. The SMILES string of the molecule is CCCCCCCCCc1c(Oc2ccccc2)ccc(S(=O)(=O)O)c1[O-].[K+]. The molecule has 0 aromatic heterocycles. The van der Waals surface area contributed by atoms with Crippen LogP contribution < -0.4 is 61.2 Å². The number of hydrogen-bond acceptors (Lipinski definition) is 4. The molecule has 0 bridgehead atoms. The van der Waals surface area contributed by atoms with Crippen molar-refractivity contribution in [2.24, 2.45) is 0 Å². The molecule has 2 aromatic rings. The second kappa shape index (κ2) is 13.0. The molecule has 1 N–H and O–H groups in total. The van der Waals surface area contributed by atoms with Gasteiger partial charge in [0.2, 0.25) is 0 Å². The quantitative estimate of drug-likeness (QED) is 0.335. The van der Waals surface area contributed by atoms with E-state index in [1.807, 2.05) is 18.2 Å². The van der Waals surface area contributed by atoms with Crippen molar-refractivity contribution >= 4 is 10.1 Å². The zero-order valence-corrected chi connectivity index (χ0v) is 20.6. The van der Waals surface area contributed by atoms with Crippen molar-refractivity contribution in [3.63, 3.8) is 0 Å². The third kappa shape index (κ3) is 8.14. The molecule has 2 aromatic carbocycles. The van der Waals surface area contributed by atoms with Crippen molar-refractivity contribution in [3.8, 4) is 17.2 Å². The van der Waals surface area contributed by atoms with Gasteiger partial charge in [-0.25, -0.2) is 0 Å². The van der Waals surface area contributed by atoms with Gasteiger partial charge in [-0.2, -0.15) is 8.42 Å². The summed E-state index contributed by atoms with van der Waals surface area (Å²) < 4.78 is 38.0. The fourth-order valence-corrected chi connectivity index (χ4v) is 3.60. The van der Waals surface area contributed by atoms with Crippen LogP contribution in [0.1, 0.15) is 57.4 Å². The topological polar surface area (TPSA) is 86.7 Å². The number of benzene rings is 2. The first-order valence-electron chi connectivity index (χ1n) is 9.46. The minimum atomic E-state index is -4.56. The molecule has 0 radical (unpaired) electrons. The first-order valence-corrected chi connectivity index (χ1v) is 10.9. The van der Waals surface area contributed by atoms with E-state index < -0.39 is 20.8 Å². The van der Waals surface area contributed by atoms with E-state index in [2.05, 4.69) is 6.92 Å². The van der Waals surface area contributed by atoms with Crippen LogP contribution in [-0.2, 0) is 16.5 Å². The standard InChI is InChI=1S/C21H28O5S.K/c1-2-3-4-5-6-7-11-14-18-19(26-17-12-9-8-10-13-17)15-16-20(21(18)22)27(23,24)25;/h8-10,12-13,15-16,22H,2-7,11,14H2,1H3,(H,23,24,25);/q;+1/p-1. The van der Waals surface area contributed by atoms with E-state index in [-0.39, 0.29) is 51.4 Å². The van der Waals surface area contributed by atoms with Gasteiger partial charge in [-0.15, -0.1) is 0 Å². The van der Waals surface area contributed by atoms with E-state index in [9.17, 15) is 18.1 Å². The van der Waals surface area contributed by atoms with Crippen molar-refractivity contribution in [2.75, 3.05) is 0 Å². The Balaban J connectivity index is 0.00000392. The summed E-state index contributed by atoms with van der Waals surface area (Å²) in [5.41, 5.74) is 0.294. The van der Waals surface area contributed by atoms with Gasteiger partial charge in [0.1, 0.15) is 11.5 Å². The summed E-state index contributed by atoms with van der Waals surface area (Å²) in [5, 5.41) is 12.6. The Morgan fingerprint density at radius 2 is 1.54 bits per heavy atom. The third-order valence-electron chi connectivity index (χ3n) is 4.46. The van der Waals surface area contributed by atoms with Crippen LogP contribution in [0, 0.1) is 0 Å². The van der Waals surface area contributed by atoms with Crippen LogP contribution in [0.5, 0.6) is 17.2 Å². The number of ether oxygens (including phenoxy) is 1. The van der Waals surface area contributed by atoms with Crippen molar-refractivity contribution in [3.05, 3.63) is 48.0 Å². The summed E-state index contributed by atoms with van der Waals surface area (Å²) in [4.78, 5) is -0.596. The molecule has 5 nitrogen and oxygen atoms in total. The monoisotopic (exact) mass is 430 g/mol. The average molecular weight is 431 g/mol. The number of para-hydroxylation sites is 1. The molecule has 0 amide bonds. The van der Waals surface area contributed by atoms with Gasteiger partial charge in [0.05, 0.1) is 4.90 Å². The van der Waals surface area contributed by atoms with Crippen molar-refractivity contribution in [1.29, 1.82) is 0 Å². The Morgan fingerprint density at radius 3 is 2.14 bits per heavy atom. The first kappa shape index (κ1) is 25.6. The van der Waals surface area contributed by atoms with Gasteiger partial charge in [-0.05, 0) is 42.7 Å². The summed E-state index contributed by atoms with van der Waals surface area (Å²) in [6, 6.07) is 11.5. The molecular weight excluding hydrogens is 403 g/mol. The summed E-state index contributed by atoms with van der Waals surface area (Å²) >= 11 is 0. The van der Waals surface area contributed by atoms with E-state index in [1.165, 1.54) is 25.3 Å². The molecule has 0 spiro atoms. The van der Waals surface area contributed by atoms with Crippen molar-refractivity contribution in [2.45, 2.75) is 63.2 Å². The molecule has 7 heteroatoms. The Kier molecular flexibility index (Phi) is 11.9. The number of hydrogen-bond donors (Lipinski definition) is 1. The fourth-order valence-electron chi connectivity index (χ4n) is 3.00. The summed E-state index contributed by atoms with van der Waals surface area (Å²) in [5.74, 6) is 0.221. The van der Waals surface area contributed by atoms with Crippen LogP contribution in [0.25, 0.3) is 0 Å². The maximum atomic E-state index is 12.6. The summed E-state index contributed by atoms with van der Waals surface area (Å²) in [7, 11) is -4.56. The molecule has 0 atom stereocenters. The van der Waals surface area contributed by atoms with Gasteiger partial charge in [0, 0.05) is 0 Å². The van der Waals surface area contributed by atoms with Gasteiger partial charge >= 0.3 is 51.4 Å². The van der Waals surface area contributed by atoms with Gasteiger partial charge in [-0.3, -0.25) is 4.55 Å². The molecule has 28 heavy (non-hydrogen) atoms. The molecule has 0 heterocycles. The van der Waals surface area contributed by atoms with E-state index in [4.69, 9.17) is 4.74 Å². The van der Waals surface area contributed by atoms with Crippen LogP contribution in [0.4, 0.5) is 0 Å². The third-order valence-corrected chi connectivity index (χ3v) is 5.34. The summed E-state index contributed by atoms with van der Waals surface area (Å²) in [6.45, 7) is 2.17. The Morgan fingerprint density at radius 1 is 0.929 bits per heavy atom. The zero-order valence-electron chi connectivity index (χ0n) is 16.7. The van der Waals surface area contributed by atoms with Crippen molar-refractivity contribution in [1.82, 2.24) is 0 Å². The second-order valence-corrected chi connectivity index (χ2v) is 8.02. The second-order valence-electron chi connectivity index (χ2n) is 6.63. The van der Waals surface area contributed by atoms with Crippen LogP contribution in [0.3, 0.4) is 0 Å². The minimum Gasteiger partial charge on any atom is -0.871 e. The molecule has 2 rings (SSSR count). The summed E-state index contributed by atoms with van der Waals surface area (Å²) in [6.07, 6.45) is 8.03. The van der Waals surface area contributed by atoms with Crippen molar-refractivity contribution < 1.29 is 74.2 Å². The van der Waals surface area contributed by atoms with Crippen LogP contribution in [0.2, 0.25) is 0 Å².